The summed E-state index contributed by atoms with van der Waals surface area (Å²) in [6.07, 6.45) is 0. The standard InChI is InChI=1S/C10H8Cl2O4/c1-5(13)16-9-7(11)3-6(4-8(9)12)10(14)15-2/h3-4H,1-2H3. The molecule has 0 saturated carbocycles. The summed E-state index contributed by atoms with van der Waals surface area (Å²) in [7, 11) is 1.24. The zero-order valence-electron chi connectivity index (χ0n) is 8.54. The monoisotopic (exact) mass is 262 g/mol. The van der Waals surface area contributed by atoms with Crippen molar-refractivity contribution in [3.05, 3.63) is 27.7 Å². The topological polar surface area (TPSA) is 52.6 Å². The largest absolute Gasteiger partial charge is 0.465 e. The minimum atomic E-state index is -0.571. The van der Waals surface area contributed by atoms with Gasteiger partial charge in [0.15, 0.2) is 5.75 Å². The minimum absolute atomic E-state index is 0.0310. The van der Waals surface area contributed by atoms with Gasteiger partial charge in [0.1, 0.15) is 0 Å². The first-order valence-electron chi connectivity index (χ1n) is 4.21. The normalized spacial score (nSPS) is 9.75. The Morgan fingerprint density at radius 3 is 2.06 bits per heavy atom. The fourth-order valence-corrected chi connectivity index (χ4v) is 1.60. The van der Waals surface area contributed by atoms with Crippen LogP contribution in [-0.2, 0) is 9.53 Å². The van der Waals surface area contributed by atoms with Gasteiger partial charge in [-0.15, -0.1) is 0 Å². The molecule has 0 aliphatic carbocycles. The second-order valence-electron chi connectivity index (χ2n) is 2.85. The molecule has 0 unspecified atom stereocenters. The molecule has 1 aromatic rings. The van der Waals surface area contributed by atoms with Crippen LogP contribution in [0.4, 0.5) is 0 Å². The summed E-state index contributed by atoms with van der Waals surface area (Å²) in [5, 5.41) is 0.145. The molecule has 0 aliphatic rings. The minimum Gasteiger partial charge on any atom is -0.465 e. The van der Waals surface area contributed by atoms with Gasteiger partial charge in [-0.1, -0.05) is 23.2 Å². The second kappa shape index (κ2) is 5.18. The maximum atomic E-state index is 11.2. The number of rotatable bonds is 2. The van der Waals surface area contributed by atoms with E-state index in [2.05, 4.69) is 4.74 Å². The van der Waals surface area contributed by atoms with Crippen LogP contribution in [0, 0.1) is 0 Å². The van der Waals surface area contributed by atoms with Gasteiger partial charge in [-0.05, 0) is 12.1 Å². The summed E-state index contributed by atoms with van der Waals surface area (Å²) in [4.78, 5) is 22.0. The lowest BCUT2D eigenvalue weighted by Crippen LogP contribution is -2.05. The number of methoxy groups -OCH3 is 1. The second-order valence-corrected chi connectivity index (χ2v) is 3.67. The predicted octanol–water partition coefficient (Wildman–Crippen LogP) is 2.71. The smallest absolute Gasteiger partial charge is 0.337 e. The summed E-state index contributed by atoms with van der Waals surface area (Å²) in [6.45, 7) is 1.22. The van der Waals surface area contributed by atoms with Gasteiger partial charge in [-0.2, -0.15) is 0 Å². The highest BCUT2D eigenvalue weighted by Crippen LogP contribution is 2.34. The molecule has 1 rings (SSSR count). The quantitative estimate of drug-likeness (QED) is 0.608. The zero-order chi connectivity index (χ0) is 12.3. The van der Waals surface area contributed by atoms with Crippen LogP contribution in [-0.4, -0.2) is 19.0 Å². The first-order chi connectivity index (χ1) is 7.45. The van der Waals surface area contributed by atoms with Gasteiger partial charge < -0.3 is 9.47 Å². The average Bonchev–Trinajstić information content (AvgIpc) is 2.21. The summed E-state index contributed by atoms with van der Waals surface area (Å²) < 4.78 is 9.29. The van der Waals surface area contributed by atoms with Crippen molar-refractivity contribution in [2.75, 3.05) is 7.11 Å². The van der Waals surface area contributed by atoms with Crippen molar-refractivity contribution >= 4 is 35.1 Å². The molecule has 0 bridgehead atoms. The number of halogens is 2. The van der Waals surface area contributed by atoms with Crippen LogP contribution >= 0.6 is 23.2 Å². The van der Waals surface area contributed by atoms with Crippen LogP contribution < -0.4 is 4.74 Å². The lowest BCUT2D eigenvalue weighted by Gasteiger charge is -2.08. The highest BCUT2D eigenvalue weighted by Gasteiger charge is 2.15. The molecule has 16 heavy (non-hydrogen) atoms. The van der Waals surface area contributed by atoms with Gasteiger partial charge in [0.2, 0.25) is 0 Å². The van der Waals surface area contributed by atoms with Crippen LogP contribution in [0.15, 0.2) is 12.1 Å². The van der Waals surface area contributed by atoms with Crippen molar-refractivity contribution in [3.63, 3.8) is 0 Å². The summed E-state index contributed by atoms with van der Waals surface area (Å²) in [6, 6.07) is 2.63. The summed E-state index contributed by atoms with van der Waals surface area (Å²) in [5.74, 6) is -1.09. The van der Waals surface area contributed by atoms with E-state index in [0.29, 0.717) is 0 Å². The van der Waals surface area contributed by atoms with Crippen LogP contribution in [0.5, 0.6) is 5.75 Å². The molecule has 6 heteroatoms. The third-order valence-electron chi connectivity index (χ3n) is 1.67. The third kappa shape index (κ3) is 2.87. The van der Waals surface area contributed by atoms with Gasteiger partial charge in [-0.3, -0.25) is 4.79 Å². The van der Waals surface area contributed by atoms with Crippen LogP contribution in [0.1, 0.15) is 17.3 Å². The van der Waals surface area contributed by atoms with Crippen molar-refractivity contribution < 1.29 is 19.1 Å². The molecule has 0 fully saturated rings. The number of hydrogen-bond donors (Lipinski definition) is 0. The molecule has 0 aromatic heterocycles. The van der Waals surface area contributed by atoms with Crippen molar-refractivity contribution in [2.24, 2.45) is 0 Å². The van der Waals surface area contributed by atoms with Gasteiger partial charge in [-0.25, -0.2) is 4.79 Å². The molecule has 0 spiro atoms. The number of carbonyl (C=O) groups excluding carboxylic acids is 2. The van der Waals surface area contributed by atoms with Crippen molar-refractivity contribution in [2.45, 2.75) is 6.92 Å². The third-order valence-corrected chi connectivity index (χ3v) is 2.23. The van der Waals surface area contributed by atoms with E-state index in [9.17, 15) is 9.59 Å². The van der Waals surface area contributed by atoms with Crippen molar-refractivity contribution in [3.8, 4) is 5.75 Å². The Hall–Kier alpha value is -1.26. The van der Waals surface area contributed by atoms with E-state index in [0.717, 1.165) is 0 Å². The van der Waals surface area contributed by atoms with Gasteiger partial charge in [0, 0.05) is 6.92 Å². The Balaban J connectivity index is 3.17. The van der Waals surface area contributed by atoms with Crippen LogP contribution in [0.25, 0.3) is 0 Å². The highest BCUT2D eigenvalue weighted by molar-refractivity contribution is 6.37. The van der Waals surface area contributed by atoms with Crippen molar-refractivity contribution in [1.82, 2.24) is 0 Å². The number of carbonyl (C=O) groups is 2. The van der Waals surface area contributed by atoms with E-state index < -0.39 is 11.9 Å². The predicted molar refractivity (Wildman–Crippen MR) is 59.1 cm³/mol. The van der Waals surface area contributed by atoms with Crippen LogP contribution in [0.2, 0.25) is 10.0 Å². The average molecular weight is 263 g/mol. The highest BCUT2D eigenvalue weighted by atomic mass is 35.5. The first kappa shape index (κ1) is 12.8. The molecule has 0 atom stereocenters. The number of esters is 2. The van der Waals surface area contributed by atoms with Crippen molar-refractivity contribution in [1.29, 1.82) is 0 Å². The molecule has 0 saturated heterocycles. The molecular weight excluding hydrogens is 255 g/mol. The van der Waals surface area contributed by atoms with E-state index in [-0.39, 0.29) is 21.4 Å². The van der Waals surface area contributed by atoms with E-state index in [1.807, 2.05) is 0 Å². The van der Waals surface area contributed by atoms with E-state index >= 15 is 0 Å². The Kier molecular flexibility index (Phi) is 4.15. The lowest BCUT2D eigenvalue weighted by atomic mass is 10.2. The number of benzene rings is 1. The molecule has 0 heterocycles. The van der Waals surface area contributed by atoms with Crippen LogP contribution in [0.3, 0.4) is 0 Å². The molecule has 0 amide bonds. The molecule has 0 radical (unpaired) electrons. The Labute approximate surface area is 102 Å². The van der Waals surface area contributed by atoms with Gasteiger partial charge in [0.25, 0.3) is 0 Å². The fraction of sp³-hybridized carbons (Fsp3) is 0.200. The molecular formula is C10H8Cl2O4. The molecule has 4 nitrogen and oxygen atoms in total. The fourth-order valence-electron chi connectivity index (χ4n) is 1.04. The maximum absolute atomic E-state index is 11.2. The van der Waals surface area contributed by atoms with Gasteiger partial charge >= 0.3 is 11.9 Å². The molecule has 86 valence electrons. The van der Waals surface area contributed by atoms with E-state index in [1.165, 1.54) is 26.2 Å². The van der Waals surface area contributed by atoms with Gasteiger partial charge in [0.05, 0.1) is 22.7 Å². The maximum Gasteiger partial charge on any atom is 0.337 e. The summed E-state index contributed by atoms with van der Waals surface area (Å²) >= 11 is 11.6. The zero-order valence-corrected chi connectivity index (χ0v) is 10.1. The summed E-state index contributed by atoms with van der Waals surface area (Å²) in [5.41, 5.74) is 0.188. The molecule has 0 aliphatic heterocycles. The first-order valence-corrected chi connectivity index (χ1v) is 4.97. The number of ether oxygens (including phenoxy) is 2. The Morgan fingerprint density at radius 1 is 1.19 bits per heavy atom. The SMILES string of the molecule is COC(=O)c1cc(Cl)c(OC(C)=O)c(Cl)c1. The van der Waals surface area contributed by atoms with E-state index in [4.69, 9.17) is 27.9 Å². The number of hydrogen-bond acceptors (Lipinski definition) is 4. The lowest BCUT2D eigenvalue weighted by molar-refractivity contribution is -0.131. The van der Waals surface area contributed by atoms with E-state index in [1.54, 1.807) is 0 Å². The molecule has 0 N–H and O–H groups in total. The Bertz CT molecular complexity index is 419. The molecule has 1 aromatic carbocycles. The Morgan fingerprint density at radius 2 is 1.69 bits per heavy atom.